The second kappa shape index (κ2) is 10.0. The standard InChI is InChI=1S/C21H20F4N2O2.ClH/c22-18-8-4-2-6-16(18)19(28)9-10-26-11-13-27(14-12-26)20(29)15-5-1-3-7-17(15)21(23,24)25;/h1-8H,9-14H2;1H. The van der Waals surface area contributed by atoms with Crippen molar-refractivity contribution >= 4 is 24.1 Å². The van der Waals surface area contributed by atoms with Gasteiger partial charge in [-0.05, 0) is 24.3 Å². The van der Waals surface area contributed by atoms with Crippen LogP contribution in [-0.2, 0) is 6.18 Å². The van der Waals surface area contributed by atoms with Crippen molar-refractivity contribution < 1.29 is 27.2 Å². The molecular weight excluding hydrogens is 424 g/mol. The maximum atomic E-state index is 13.7. The summed E-state index contributed by atoms with van der Waals surface area (Å²) >= 11 is 0. The molecule has 3 rings (SSSR count). The Balaban J connectivity index is 0.00000320. The fraction of sp³-hybridized carbons (Fsp3) is 0.333. The summed E-state index contributed by atoms with van der Waals surface area (Å²) < 4.78 is 53.1. The average molecular weight is 445 g/mol. The number of rotatable bonds is 5. The first-order valence-electron chi connectivity index (χ1n) is 9.23. The van der Waals surface area contributed by atoms with Gasteiger partial charge in [-0.1, -0.05) is 24.3 Å². The van der Waals surface area contributed by atoms with Crippen LogP contribution in [0, 0.1) is 5.82 Å². The number of hydrogen-bond acceptors (Lipinski definition) is 3. The summed E-state index contributed by atoms with van der Waals surface area (Å²) in [5, 5.41) is 0. The monoisotopic (exact) mass is 444 g/mol. The number of alkyl halides is 3. The van der Waals surface area contributed by atoms with Gasteiger partial charge in [0.15, 0.2) is 5.78 Å². The molecule has 0 radical (unpaired) electrons. The molecule has 0 aliphatic carbocycles. The van der Waals surface area contributed by atoms with Crippen LogP contribution in [0.25, 0.3) is 0 Å². The van der Waals surface area contributed by atoms with Crippen molar-refractivity contribution in [2.45, 2.75) is 12.6 Å². The number of nitrogens with zero attached hydrogens (tertiary/aromatic N) is 2. The van der Waals surface area contributed by atoms with Crippen LogP contribution >= 0.6 is 12.4 Å². The molecule has 2 aromatic rings. The van der Waals surface area contributed by atoms with Crippen molar-refractivity contribution in [3.63, 3.8) is 0 Å². The Labute approximate surface area is 177 Å². The Kier molecular flexibility index (Phi) is 7.97. The van der Waals surface area contributed by atoms with Crippen LogP contribution in [0.4, 0.5) is 17.6 Å². The van der Waals surface area contributed by atoms with Crippen LogP contribution in [0.1, 0.15) is 32.7 Å². The lowest BCUT2D eigenvalue weighted by Gasteiger charge is -2.35. The van der Waals surface area contributed by atoms with E-state index in [4.69, 9.17) is 0 Å². The van der Waals surface area contributed by atoms with Crippen molar-refractivity contribution in [2.75, 3.05) is 32.7 Å². The highest BCUT2D eigenvalue weighted by Crippen LogP contribution is 2.32. The number of piperazine rings is 1. The number of hydrogen-bond donors (Lipinski definition) is 0. The van der Waals surface area contributed by atoms with Gasteiger partial charge < -0.3 is 4.90 Å². The van der Waals surface area contributed by atoms with Gasteiger partial charge in [0.25, 0.3) is 5.91 Å². The number of ketones is 1. The summed E-state index contributed by atoms with van der Waals surface area (Å²) in [6.45, 7) is 1.79. The SMILES string of the molecule is Cl.O=C(CCN1CCN(C(=O)c2ccccc2C(F)(F)F)CC1)c1ccccc1F. The first-order valence-corrected chi connectivity index (χ1v) is 9.23. The van der Waals surface area contributed by atoms with E-state index in [0.717, 1.165) is 6.07 Å². The van der Waals surface area contributed by atoms with Gasteiger partial charge in [-0.15, -0.1) is 12.4 Å². The maximum absolute atomic E-state index is 13.7. The number of carbonyl (C=O) groups excluding carboxylic acids is 2. The molecule has 1 saturated heterocycles. The van der Waals surface area contributed by atoms with Gasteiger partial charge in [0.05, 0.1) is 16.7 Å². The van der Waals surface area contributed by atoms with Crippen molar-refractivity contribution in [1.82, 2.24) is 9.80 Å². The molecular formula is C21H21ClF4N2O2. The van der Waals surface area contributed by atoms with Gasteiger partial charge in [0, 0.05) is 39.1 Å². The fourth-order valence-electron chi connectivity index (χ4n) is 3.34. The lowest BCUT2D eigenvalue weighted by Crippen LogP contribution is -2.49. The van der Waals surface area contributed by atoms with E-state index in [9.17, 15) is 27.2 Å². The highest BCUT2D eigenvalue weighted by Gasteiger charge is 2.36. The van der Waals surface area contributed by atoms with Crippen LogP contribution in [0.3, 0.4) is 0 Å². The van der Waals surface area contributed by atoms with Crippen molar-refractivity contribution in [1.29, 1.82) is 0 Å². The lowest BCUT2D eigenvalue weighted by atomic mass is 10.1. The Hall–Kier alpha value is -2.45. The Morgan fingerprint density at radius 1 is 0.867 bits per heavy atom. The molecule has 2 aromatic carbocycles. The van der Waals surface area contributed by atoms with E-state index < -0.39 is 23.5 Å². The van der Waals surface area contributed by atoms with E-state index in [1.165, 1.54) is 41.3 Å². The zero-order valence-electron chi connectivity index (χ0n) is 16.0. The van der Waals surface area contributed by atoms with E-state index in [0.29, 0.717) is 19.6 Å². The topological polar surface area (TPSA) is 40.6 Å². The first-order chi connectivity index (χ1) is 13.8. The molecule has 0 spiro atoms. The number of amides is 1. The van der Waals surface area contributed by atoms with Crippen LogP contribution in [-0.4, -0.2) is 54.2 Å². The predicted octanol–water partition coefficient (Wildman–Crippen LogP) is 4.30. The minimum absolute atomic E-state index is 0. The van der Waals surface area contributed by atoms with Gasteiger partial charge >= 0.3 is 6.18 Å². The third-order valence-electron chi connectivity index (χ3n) is 4.95. The number of halogens is 5. The van der Waals surface area contributed by atoms with Gasteiger partial charge in [0.1, 0.15) is 5.82 Å². The Morgan fingerprint density at radius 3 is 2.03 bits per heavy atom. The van der Waals surface area contributed by atoms with Crippen LogP contribution in [0.15, 0.2) is 48.5 Å². The van der Waals surface area contributed by atoms with Crippen LogP contribution in [0.2, 0.25) is 0 Å². The minimum Gasteiger partial charge on any atom is -0.336 e. The van der Waals surface area contributed by atoms with Crippen molar-refractivity contribution in [2.24, 2.45) is 0 Å². The van der Waals surface area contributed by atoms with Crippen molar-refractivity contribution in [3.05, 3.63) is 71.0 Å². The minimum atomic E-state index is -4.60. The van der Waals surface area contributed by atoms with Gasteiger partial charge in [-0.25, -0.2) is 4.39 Å². The summed E-state index contributed by atoms with van der Waals surface area (Å²) in [6.07, 6.45) is -4.47. The molecule has 0 saturated carbocycles. The molecule has 1 amide bonds. The first kappa shape index (κ1) is 23.8. The Bertz CT molecular complexity index is 897. The molecule has 1 aliphatic rings. The molecule has 0 N–H and O–H groups in total. The lowest BCUT2D eigenvalue weighted by molar-refractivity contribution is -0.138. The highest BCUT2D eigenvalue weighted by atomic mass is 35.5. The second-order valence-corrected chi connectivity index (χ2v) is 6.83. The van der Waals surface area contributed by atoms with E-state index >= 15 is 0 Å². The fourth-order valence-corrected chi connectivity index (χ4v) is 3.34. The molecule has 0 unspecified atom stereocenters. The van der Waals surface area contributed by atoms with Crippen molar-refractivity contribution in [3.8, 4) is 0 Å². The molecule has 4 nitrogen and oxygen atoms in total. The summed E-state index contributed by atoms with van der Waals surface area (Å²) in [5.74, 6) is -1.52. The summed E-state index contributed by atoms with van der Waals surface area (Å²) in [6, 6.07) is 10.5. The van der Waals surface area contributed by atoms with E-state index in [2.05, 4.69) is 0 Å². The third kappa shape index (κ3) is 5.58. The molecule has 30 heavy (non-hydrogen) atoms. The van der Waals surface area contributed by atoms with Crippen LogP contribution in [0.5, 0.6) is 0 Å². The van der Waals surface area contributed by atoms with Gasteiger partial charge in [-0.3, -0.25) is 14.5 Å². The Morgan fingerprint density at radius 2 is 1.43 bits per heavy atom. The third-order valence-corrected chi connectivity index (χ3v) is 4.95. The summed E-state index contributed by atoms with van der Waals surface area (Å²) in [5.41, 5.74) is -1.25. The van der Waals surface area contributed by atoms with Gasteiger partial charge in [-0.2, -0.15) is 13.2 Å². The number of carbonyl (C=O) groups is 2. The smallest absolute Gasteiger partial charge is 0.336 e. The maximum Gasteiger partial charge on any atom is 0.417 e. The predicted molar refractivity (Wildman–Crippen MR) is 106 cm³/mol. The number of Topliss-reactive ketones (excluding diaryl/α,β-unsaturated/α-hetero) is 1. The average Bonchev–Trinajstić information content (AvgIpc) is 2.71. The largest absolute Gasteiger partial charge is 0.417 e. The van der Waals surface area contributed by atoms with E-state index in [-0.39, 0.29) is 48.8 Å². The van der Waals surface area contributed by atoms with Gasteiger partial charge in [0.2, 0.25) is 0 Å². The molecule has 0 aromatic heterocycles. The zero-order chi connectivity index (χ0) is 21.0. The molecule has 0 atom stereocenters. The quantitative estimate of drug-likeness (QED) is 0.510. The normalized spacial score (nSPS) is 14.9. The number of benzene rings is 2. The second-order valence-electron chi connectivity index (χ2n) is 6.83. The summed E-state index contributed by atoms with van der Waals surface area (Å²) in [7, 11) is 0. The molecule has 1 heterocycles. The molecule has 9 heteroatoms. The van der Waals surface area contributed by atoms with Crippen LogP contribution < -0.4 is 0 Å². The molecule has 1 aliphatic heterocycles. The molecule has 162 valence electrons. The molecule has 0 bridgehead atoms. The van der Waals surface area contributed by atoms with E-state index in [1.807, 2.05) is 4.90 Å². The highest BCUT2D eigenvalue weighted by molar-refractivity contribution is 5.96. The zero-order valence-corrected chi connectivity index (χ0v) is 16.8. The summed E-state index contributed by atoms with van der Waals surface area (Å²) in [4.78, 5) is 28.1. The molecule has 1 fully saturated rings. The van der Waals surface area contributed by atoms with E-state index in [1.54, 1.807) is 6.07 Å².